The minimum Gasteiger partial charge on any atom is -0.476 e. The largest absolute Gasteiger partial charge is 0.476 e. The highest BCUT2D eigenvalue weighted by Gasteiger charge is 2.16. The number of amides is 1. The lowest BCUT2D eigenvalue weighted by molar-refractivity contribution is 0.0691. The van der Waals surface area contributed by atoms with Gasteiger partial charge in [0.25, 0.3) is 5.91 Å². The third-order valence-corrected chi connectivity index (χ3v) is 3.60. The number of rotatable bonds is 3. The molecule has 8 heteroatoms. The first-order valence-electron chi connectivity index (χ1n) is 5.21. The quantitative estimate of drug-likeness (QED) is 0.884. The fourth-order valence-electron chi connectivity index (χ4n) is 1.37. The molecule has 1 aromatic heterocycles. The Balaban J connectivity index is 2.23. The van der Waals surface area contributed by atoms with Crippen LogP contribution in [0.3, 0.4) is 0 Å². The molecule has 0 saturated carbocycles. The van der Waals surface area contributed by atoms with Crippen molar-refractivity contribution in [1.29, 1.82) is 5.26 Å². The van der Waals surface area contributed by atoms with Gasteiger partial charge in [-0.1, -0.05) is 15.9 Å². The van der Waals surface area contributed by atoms with Crippen molar-refractivity contribution in [3.8, 4) is 6.07 Å². The smallest absolute Gasteiger partial charge is 0.355 e. The Morgan fingerprint density at radius 3 is 2.80 bits per heavy atom. The Labute approximate surface area is 125 Å². The molecule has 2 N–H and O–H groups in total. The number of benzene rings is 1. The van der Waals surface area contributed by atoms with Gasteiger partial charge in [0.2, 0.25) is 0 Å². The molecule has 20 heavy (non-hydrogen) atoms. The van der Waals surface area contributed by atoms with E-state index in [4.69, 9.17) is 10.4 Å². The number of nitrogens with one attached hydrogen (secondary N) is 1. The van der Waals surface area contributed by atoms with Crippen LogP contribution in [0.5, 0.6) is 0 Å². The van der Waals surface area contributed by atoms with Crippen LogP contribution >= 0.6 is 27.3 Å². The highest BCUT2D eigenvalue weighted by Crippen LogP contribution is 2.21. The highest BCUT2D eigenvalue weighted by molar-refractivity contribution is 9.10. The molecule has 0 bridgehead atoms. The van der Waals surface area contributed by atoms with Gasteiger partial charge in [-0.2, -0.15) is 5.26 Å². The van der Waals surface area contributed by atoms with Gasteiger partial charge in [-0.3, -0.25) is 4.79 Å². The minimum absolute atomic E-state index is 0.0224. The van der Waals surface area contributed by atoms with Gasteiger partial charge in [-0.15, -0.1) is 11.3 Å². The molecule has 2 aromatic rings. The van der Waals surface area contributed by atoms with Crippen LogP contribution in [0.1, 0.15) is 25.9 Å². The van der Waals surface area contributed by atoms with E-state index in [0.29, 0.717) is 11.3 Å². The number of nitrogens with zero attached hydrogens (tertiary/aromatic N) is 2. The summed E-state index contributed by atoms with van der Waals surface area (Å²) >= 11 is 4.15. The lowest BCUT2D eigenvalue weighted by atomic mass is 10.2. The monoisotopic (exact) mass is 351 g/mol. The number of thiazole rings is 1. The van der Waals surface area contributed by atoms with Crippen LogP contribution in [0.25, 0.3) is 0 Å². The zero-order valence-corrected chi connectivity index (χ0v) is 12.2. The highest BCUT2D eigenvalue weighted by atomic mass is 79.9. The van der Waals surface area contributed by atoms with Gasteiger partial charge in [0, 0.05) is 9.85 Å². The minimum atomic E-state index is -1.19. The van der Waals surface area contributed by atoms with Gasteiger partial charge in [0.15, 0.2) is 10.7 Å². The Morgan fingerprint density at radius 2 is 2.20 bits per heavy atom. The average Bonchev–Trinajstić information content (AvgIpc) is 2.90. The Bertz CT molecular complexity index is 736. The molecule has 0 saturated heterocycles. The van der Waals surface area contributed by atoms with Crippen molar-refractivity contribution in [3.05, 3.63) is 44.3 Å². The molecule has 1 heterocycles. The molecule has 100 valence electrons. The maximum Gasteiger partial charge on any atom is 0.355 e. The number of hydrogen-bond donors (Lipinski definition) is 2. The second-order valence-electron chi connectivity index (χ2n) is 3.60. The van der Waals surface area contributed by atoms with E-state index in [0.717, 1.165) is 15.8 Å². The Morgan fingerprint density at radius 1 is 1.45 bits per heavy atom. The summed E-state index contributed by atoms with van der Waals surface area (Å²) in [6.45, 7) is 0. The van der Waals surface area contributed by atoms with Crippen molar-refractivity contribution in [1.82, 2.24) is 4.98 Å². The molecule has 0 atom stereocenters. The van der Waals surface area contributed by atoms with Crippen molar-refractivity contribution in [2.24, 2.45) is 0 Å². The van der Waals surface area contributed by atoms with Crippen LogP contribution in [0, 0.1) is 11.3 Å². The molecule has 1 amide bonds. The summed E-state index contributed by atoms with van der Waals surface area (Å²) in [5, 5.41) is 21.6. The summed E-state index contributed by atoms with van der Waals surface area (Å²) in [5.41, 5.74) is 0.451. The van der Waals surface area contributed by atoms with E-state index in [-0.39, 0.29) is 10.7 Å². The summed E-state index contributed by atoms with van der Waals surface area (Å²) in [5.74, 6) is -1.75. The fourth-order valence-corrected chi connectivity index (χ4v) is 2.42. The van der Waals surface area contributed by atoms with Gasteiger partial charge < -0.3 is 10.4 Å². The maximum atomic E-state index is 11.9. The van der Waals surface area contributed by atoms with Crippen molar-refractivity contribution in [2.75, 3.05) is 5.32 Å². The van der Waals surface area contributed by atoms with Crippen LogP contribution in [0.2, 0.25) is 0 Å². The van der Waals surface area contributed by atoms with Gasteiger partial charge in [-0.25, -0.2) is 9.78 Å². The average molecular weight is 352 g/mol. The van der Waals surface area contributed by atoms with E-state index in [1.54, 1.807) is 18.2 Å². The van der Waals surface area contributed by atoms with Gasteiger partial charge in [-0.05, 0) is 18.2 Å². The van der Waals surface area contributed by atoms with Gasteiger partial charge in [0.05, 0.1) is 11.3 Å². The topological polar surface area (TPSA) is 103 Å². The summed E-state index contributed by atoms with van der Waals surface area (Å²) in [7, 11) is 0. The van der Waals surface area contributed by atoms with E-state index < -0.39 is 11.9 Å². The zero-order chi connectivity index (χ0) is 14.7. The van der Waals surface area contributed by atoms with Crippen molar-refractivity contribution >= 4 is 44.8 Å². The summed E-state index contributed by atoms with van der Waals surface area (Å²) in [6, 6.07) is 6.79. The normalized spacial score (nSPS) is 9.80. The second kappa shape index (κ2) is 5.81. The number of carbonyl (C=O) groups excluding carboxylic acids is 1. The van der Waals surface area contributed by atoms with E-state index in [2.05, 4.69) is 26.2 Å². The van der Waals surface area contributed by atoms with Crippen molar-refractivity contribution < 1.29 is 14.7 Å². The number of carboxylic acids is 1. The number of halogens is 1. The van der Waals surface area contributed by atoms with Gasteiger partial charge >= 0.3 is 5.97 Å². The predicted octanol–water partition coefficient (Wildman–Crippen LogP) is 2.73. The number of hydrogen-bond acceptors (Lipinski definition) is 5. The first kappa shape index (κ1) is 14.2. The molecular weight excluding hydrogens is 346 g/mol. The fraction of sp³-hybridized carbons (Fsp3) is 0. The SMILES string of the molecule is N#Cc1cc(Br)ccc1NC(=O)c1nc(C(=O)O)cs1. The van der Waals surface area contributed by atoms with E-state index in [1.165, 1.54) is 5.38 Å². The number of anilines is 1. The molecule has 0 aliphatic heterocycles. The Hall–Kier alpha value is -2.24. The predicted molar refractivity (Wildman–Crippen MR) is 75.9 cm³/mol. The lowest BCUT2D eigenvalue weighted by Gasteiger charge is -2.05. The van der Waals surface area contributed by atoms with E-state index in [9.17, 15) is 9.59 Å². The second-order valence-corrected chi connectivity index (χ2v) is 5.37. The molecular formula is C12H6BrN3O3S. The molecule has 0 unspecified atom stereocenters. The molecule has 1 aromatic carbocycles. The molecule has 6 nitrogen and oxygen atoms in total. The summed E-state index contributed by atoms with van der Waals surface area (Å²) < 4.78 is 0.717. The van der Waals surface area contributed by atoms with E-state index >= 15 is 0 Å². The number of aromatic nitrogens is 1. The number of carbonyl (C=O) groups is 2. The third kappa shape index (κ3) is 3.01. The summed E-state index contributed by atoms with van der Waals surface area (Å²) in [4.78, 5) is 26.3. The lowest BCUT2D eigenvalue weighted by Crippen LogP contribution is -2.13. The molecule has 0 radical (unpaired) electrons. The third-order valence-electron chi connectivity index (χ3n) is 2.27. The van der Waals surface area contributed by atoms with Gasteiger partial charge in [0.1, 0.15) is 6.07 Å². The number of aromatic carboxylic acids is 1. The van der Waals surface area contributed by atoms with Crippen molar-refractivity contribution in [3.63, 3.8) is 0 Å². The Kier molecular flexibility index (Phi) is 4.12. The van der Waals surface area contributed by atoms with Crippen molar-refractivity contribution in [2.45, 2.75) is 0 Å². The van der Waals surface area contributed by atoms with Crippen LogP contribution in [-0.2, 0) is 0 Å². The molecule has 2 rings (SSSR count). The standard InChI is InChI=1S/C12H6BrN3O3S/c13-7-1-2-8(6(3-7)4-14)15-10(17)11-16-9(5-20-11)12(18)19/h1-3,5H,(H,15,17)(H,18,19). The van der Waals surface area contributed by atoms with E-state index in [1.807, 2.05) is 6.07 Å². The molecule has 0 spiro atoms. The molecule has 0 aliphatic carbocycles. The first-order valence-corrected chi connectivity index (χ1v) is 6.88. The van der Waals surface area contributed by atoms with Crippen LogP contribution in [0.15, 0.2) is 28.1 Å². The maximum absolute atomic E-state index is 11.9. The zero-order valence-electron chi connectivity index (χ0n) is 9.75. The van der Waals surface area contributed by atoms with Crippen LogP contribution in [0.4, 0.5) is 5.69 Å². The number of nitriles is 1. The van der Waals surface area contributed by atoms with Crippen LogP contribution in [-0.4, -0.2) is 22.0 Å². The first-order chi connectivity index (χ1) is 9.51. The summed E-state index contributed by atoms with van der Waals surface area (Å²) in [6.07, 6.45) is 0. The molecule has 0 fully saturated rings. The number of carboxylic acid groups (broad SMARTS) is 1. The molecule has 0 aliphatic rings. The van der Waals surface area contributed by atoms with Crippen LogP contribution < -0.4 is 5.32 Å².